The summed E-state index contributed by atoms with van der Waals surface area (Å²) in [5.74, 6) is -1.35. The molecule has 2 rings (SSSR count). The molecule has 0 fully saturated rings. The third-order valence-electron chi connectivity index (χ3n) is 3.67. The Labute approximate surface area is 158 Å². The summed E-state index contributed by atoms with van der Waals surface area (Å²) in [6.45, 7) is 1.39. The van der Waals surface area contributed by atoms with Gasteiger partial charge in [0.1, 0.15) is 11.5 Å². The van der Waals surface area contributed by atoms with E-state index in [1.165, 1.54) is 32.3 Å². The fourth-order valence-electron chi connectivity index (χ4n) is 2.08. The van der Waals surface area contributed by atoms with E-state index < -0.39 is 36.0 Å². The quantitative estimate of drug-likeness (QED) is 0.701. The van der Waals surface area contributed by atoms with Crippen molar-refractivity contribution in [1.82, 2.24) is 9.97 Å². The second-order valence-electron chi connectivity index (χ2n) is 5.42. The van der Waals surface area contributed by atoms with Gasteiger partial charge in [-0.2, -0.15) is 13.2 Å². The summed E-state index contributed by atoms with van der Waals surface area (Å²) in [7, 11) is -8.15. The van der Waals surface area contributed by atoms with Crippen LogP contribution in [0.4, 0.5) is 19.0 Å². The largest absolute Gasteiger partial charge is 0.501 e. The van der Waals surface area contributed by atoms with Gasteiger partial charge in [0.25, 0.3) is 15.7 Å². The Morgan fingerprint density at radius 1 is 1.11 bits per heavy atom. The molecule has 0 N–H and O–H groups in total. The van der Waals surface area contributed by atoms with Crippen molar-refractivity contribution in [2.24, 2.45) is 0 Å². The van der Waals surface area contributed by atoms with E-state index in [-0.39, 0.29) is 22.2 Å². The predicted molar refractivity (Wildman–Crippen MR) is 92.2 cm³/mol. The van der Waals surface area contributed by atoms with Crippen molar-refractivity contribution >= 4 is 31.4 Å². The zero-order chi connectivity index (χ0) is 21.3. The molecule has 0 aliphatic rings. The molecule has 1 amide bonds. The van der Waals surface area contributed by atoms with Crippen LogP contribution in [-0.4, -0.2) is 51.0 Å². The number of anilines is 1. The van der Waals surface area contributed by atoms with E-state index in [0.29, 0.717) is 12.3 Å². The van der Waals surface area contributed by atoms with Crippen molar-refractivity contribution in [3.05, 3.63) is 42.4 Å². The molecular weight excluding hydrogens is 423 g/mol. The van der Waals surface area contributed by atoms with Crippen molar-refractivity contribution in [3.8, 4) is 0 Å². The molecule has 0 aliphatic heterocycles. The van der Waals surface area contributed by atoms with Crippen LogP contribution in [0, 0.1) is 0 Å². The summed E-state index contributed by atoms with van der Waals surface area (Å²) >= 11 is 0. The Morgan fingerprint density at radius 2 is 1.75 bits per heavy atom. The van der Waals surface area contributed by atoms with Crippen LogP contribution in [0.25, 0.3) is 0 Å². The number of rotatable bonds is 5. The molecule has 28 heavy (non-hydrogen) atoms. The molecule has 152 valence electrons. The van der Waals surface area contributed by atoms with Gasteiger partial charge in [0, 0.05) is 19.4 Å². The van der Waals surface area contributed by atoms with Gasteiger partial charge in [0.2, 0.25) is 0 Å². The van der Waals surface area contributed by atoms with Gasteiger partial charge in [0.05, 0.1) is 15.5 Å². The second-order valence-corrected chi connectivity index (χ2v) is 9.61. The van der Waals surface area contributed by atoms with Crippen LogP contribution in [0.1, 0.15) is 17.4 Å². The minimum Gasteiger partial charge on any atom is -0.294 e. The average molecular weight is 437 g/mol. The van der Waals surface area contributed by atoms with Crippen LogP contribution < -0.4 is 4.90 Å². The number of nitrogens with zero attached hydrogens (tertiary/aromatic N) is 3. The molecule has 0 radical (unpaired) electrons. The van der Waals surface area contributed by atoms with Crippen LogP contribution in [-0.2, 0) is 19.7 Å². The van der Waals surface area contributed by atoms with Gasteiger partial charge in [-0.15, -0.1) is 0 Å². The summed E-state index contributed by atoms with van der Waals surface area (Å²) in [6, 6.07) is 4.10. The zero-order valence-corrected chi connectivity index (χ0v) is 16.1. The van der Waals surface area contributed by atoms with E-state index >= 15 is 0 Å². The lowest BCUT2D eigenvalue weighted by Gasteiger charge is -2.17. The van der Waals surface area contributed by atoms with Crippen LogP contribution in [0.5, 0.6) is 0 Å². The fourth-order valence-corrected chi connectivity index (χ4v) is 3.82. The molecule has 8 nitrogen and oxygen atoms in total. The maximum Gasteiger partial charge on any atom is 0.501 e. The lowest BCUT2D eigenvalue weighted by atomic mass is 10.3. The molecule has 13 heteroatoms. The monoisotopic (exact) mass is 437 g/mol. The van der Waals surface area contributed by atoms with Crippen LogP contribution in [0.3, 0.4) is 0 Å². The highest BCUT2D eigenvalue weighted by molar-refractivity contribution is 7.92. The van der Waals surface area contributed by atoms with E-state index in [1.807, 2.05) is 0 Å². The van der Waals surface area contributed by atoms with Gasteiger partial charge >= 0.3 is 5.51 Å². The molecule has 0 saturated heterocycles. The maximum atomic E-state index is 12.6. The van der Waals surface area contributed by atoms with Gasteiger partial charge in [-0.05, 0) is 24.3 Å². The number of hydrogen-bond donors (Lipinski definition) is 0. The number of alkyl halides is 3. The highest BCUT2D eigenvalue weighted by Gasteiger charge is 2.47. The lowest BCUT2D eigenvalue weighted by molar-refractivity contribution is -0.0436. The van der Waals surface area contributed by atoms with E-state index in [1.54, 1.807) is 0 Å². The first-order chi connectivity index (χ1) is 12.8. The Kier molecular flexibility index (Phi) is 5.80. The summed E-state index contributed by atoms with van der Waals surface area (Å²) in [4.78, 5) is 19.4. The minimum atomic E-state index is -5.58. The molecular formula is C15H14F3N3O5S2. The van der Waals surface area contributed by atoms with Crippen molar-refractivity contribution in [2.45, 2.75) is 22.2 Å². The van der Waals surface area contributed by atoms with Crippen molar-refractivity contribution < 1.29 is 34.8 Å². The van der Waals surface area contributed by atoms with Crippen molar-refractivity contribution in [1.29, 1.82) is 0 Å². The fraction of sp³-hybridized carbons (Fsp3) is 0.267. The minimum absolute atomic E-state index is 0.198. The normalized spacial score (nSPS) is 12.6. The zero-order valence-electron chi connectivity index (χ0n) is 14.5. The first-order valence-corrected chi connectivity index (χ1v) is 10.7. The molecule has 0 unspecified atom stereocenters. The number of hydrogen-bond acceptors (Lipinski definition) is 7. The number of halogens is 3. The predicted octanol–water partition coefficient (Wildman–Crippen LogP) is 1.84. The first-order valence-electron chi connectivity index (χ1n) is 7.56. The molecule has 2 aromatic heterocycles. The van der Waals surface area contributed by atoms with Crippen LogP contribution in [0.15, 0.2) is 46.5 Å². The van der Waals surface area contributed by atoms with Crippen molar-refractivity contribution in [2.75, 3.05) is 17.7 Å². The second kappa shape index (κ2) is 7.47. The Hall–Kier alpha value is -2.54. The Bertz CT molecular complexity index is 1100. The maximum absolute atomic E-state index is 12.6. The summed E-state index contributed by atoms with van der Waals surface area (Å²) in [6.07, 6.45) is 1.67. The van der Waals surface area contributed by atoms with E-state index in [2.05, 4.69) is 9.97 Å². The molecule has 0 saturated carbocycles. The number of aromatic nitrogens is 2. The summed E-state index contributed by atoms with van der Waals surface area (Å²) < 4.78 is 84.7. The number of carbonyl (C=O) groups excluding carboxylic acids is 1. The highest BCUT2D eigenvalue weighted by Crippen LogP contribution is 2.30. The number of pyridine rings is 2. The SMILES string of the molecule is CCS(=O)(=O)c1cccnc1C(=O)N(C)c1ccc(S(=O)(=O)C(F)(F)F)cn1. The number of sulfone groups is 2. The highest BCUT2D eigenvalue weighted by atomic mass is 32.2. The molecule has 0 atom stereocenters. The number of amides is 1. The number of carbonyl (C=O) groups is 1. The standard InChI is InChI=1S/C15H14F3N3O5S2/c1-3-27(23,24)11-5-4-8-19-13(11)14(22)21(2)12-7-6-10(9-20-12)28(25,26)15(16,17)18/h4-9H,3H2,1-2H3. The average Bonchev–Trinajstić information content (AvgIpc) is 2.66. The van der Waals surface area contributed by atoms with Crippen molar-refractivity contribution in [3.63, 3.8) is 0 Å². The van der Waals surface area contributed by atoms with E-state index in [0.717, 1.165) is 11.0 Å². The molecule has 2 heterocycles. The van der Waals surface area contributed by atoms with E-state index in [4.69, 9.17) is 0 Å². The van der Waals surface area contributed by atoms with Gasteiger partial charge in [-0.1, -0.05) is 6.92 Å². The Morgan fingerprint density at radius 3 is 2.25 bits per heavy atom. The molecule has 0 spiro atoms. The molecule has 0 aliphatic carbocycles. The van der Waals surface area contributed by atoms with Gasteiger partial charge in [-0.25, -0.2) is 26.8 Å². The molecule has 0 bridgehead atoms. The molecule has 0 aromatic carbocycles. The lowest BCUT2D eigenvalue weighted by Crippen LogP contribution is -2.30. The smallest absolute Gasteiger partial charge is 0.294 e. The molecule has 2 aromatic rings. The van der Waals surface area contributed by atoms with Gasteiger partial charge < -0.3 is 0 Å². The Balaban J connectivity index is 2.41. The van der Waals surface area contributed by atoms with Gasteiger partial charge in [0.15, 0.2) is 9.84 Å². The van der Waals surface area contributed by atoms with Gasteiger partial charge in [-0.3, -0.25) is 9.69 Å². The topological polar surface area (TPSA) is 114 Å². The first kappa shape index (κ1) is 21.8. The van der Waals surface area contributed by atoms with Crippen LogP contribution >= 0.6 is 0 Å². The van der Waals surface area contributed by atoms with E-state index in [9.17, 15) is 34.8 Å². The third-order valence-corrected chi connectivity index (χ3v) is 6.90. The summed E-state index contributed by atoms with van der Waals surface area (Å²) in [5, 5.41) is 0. The van der Waals surface area contributed by atoms with Crippen LogP contribution in [0.2, 0.25) is 0 Å². The third kappa shape index (κ3) is 3.99. The summed E-state index contributed by atoms with van der Waals surface area (Å²) in [5.41, 5.74) is -5.88.